The standard InChI is InChI=1S/CH2B3O/c2-3-1-4-5/h1,5H. The van der Waals surface area contributed by atoms with Crippen LogP contribution in [0.2, 0.25) is 0 Å². The molecular weight excluding hydrogens is 60.4 g/mol. The molecule has 0 aromatic carbocycles. The van der Waals surface area contributed by atoms with Crippen LogP contribution in [-0.4, -0.2) is 32.9 Å². The molecule has 0 fully saturated rings. The van der Waals surface area contributed by atoms with E-state index in [1.54, 1.807) is 0 Å². The molecule has 0 aromatic heterocycles. The van der Waals surface area contributed by atoms with Crippen LogP contribution < -0.4 is 0 Å². The van der Waals surface area contributed by atoms with Gasteiger partial charge in [0.25, 0.3) is 0 Å². The first-order valence-electron chi connectivity index (χ1n) is 1.26. The first-order chi connectivity index (χ1) is 2.41. The van der Waals surface area contributed by atoms with Gasteiger partial charge in [-0.15, -0.1) is 0 Å². The van der Waals surface area contributed by atoms with Crippen LogP contribution in [0.25, 0.3) is 0 Å². The third kappa shape index (κ3) is 4.02. The molecule has 1 nitrogen and oxygen atoms in total. The summed E-state index contributed by atoms with van der Waals surface area (Å²) in [7, 11) is 5.64. The summed E-state index contributed by atoms with van der Waals surface area (Å²) in [5.41, 5.74) is 0. The fourth-order valence-electron chi connectivity index (χ4n) is 0.0497. The molecule has 1 N–H and O–H groups in total. The third-order valence-electron chi connectivity index (χ3n) is 0.197. The van der Waals surface area contributed by atoms with Gasteiger partial charge in [-0.3, -0.25) is 0 Å². The zero-order valence-electron chi connectivity index (χ0n) is 2.76. The van der Waals surface area contributed by atoms with E-state index in [1.165, 1.54) is 12.7 Å². The number of hydrogen-bond acceptors (Lipinski definition) is 1. The van der Waals surface area contributed by atoms with Crippen LogP contribution in [0.4, 0.5) is 0 Å². The minimum atomic E-state index is 0.875. The van der Waals surface area contributed by atoms with E-state index in [2.05, 4.69) is 0 Å². The molecule has 5 heavy (non-hydrogen) atoms. The van der Waals surface area contributed by atoms with E-state index in [9.17, 15) is 0 Å². The van der Waals surface area contributed by atoms with Gasteiger partial charge in [0.2, 0.25) is 0 Å². The summed E-state index contributed by atoms with van der Waals surface area (Å²) in [6.07, 6.45) is 0. The maximum absolute atomic E-state index is 7.77. The van der Waals surface area contributed by atoms with Gasteiger partial charge in [-0.2, -0.15) is 0 Å². The first-order valence-corrected chi connectivity index (χ1v) is 1.26. The predicted molar refractivity (Wildman–Crippen MR) is 25.5 cm³/mol. The van der Waals surface area contributed by atoms with Crippen molar-refractivity contribution in [2.45, 2.75) is 0 Å². The summed E-state index contributed by atoms with van der Waals surface area (Å²) >= 11 is 0. The van der Waals surface area contributed by atoms with Crippen molar-refractivity contribution in [1.29, 1.82) is 0 Å². The van der Waals surface area contributed by atoms with Crippen molar-refractivity contribution in [3.05, 3.63) is 0 Å². The van der Waals surface area contributed by atoms with Crippen molar-refractivity contribution in [1.82, 2.24) is 0 Å². The van der Waals surface area contributed by atoms with Crippen molar-refractivity contribution < 1.29 is 5.02 Å². The van der Waals surface area contributed by atoms with Crippen molar-refractivity contribution in [3.63, 3.8) is 0 Å². The van der Waals surface area contributed by atoms with E-state index >= 15 is 0 Å². The second-order valence-corrected chi connectivity index (χ2v) is 0.534. The predicted octanol–water partition coefficient (Wildman–Crippen LogP) is -1.85. The summed E-state index contributed by atoms with van der Waals surface area (Å²) in [6.45, 7) is 1.25. The molecule has 0 saturated heterocycles. The fraction of sp³-hybridized carbons (Fsp3) is 0. The van der Waals surface area contributed by atoms with Gasteiger partial charge in [-0.05, 0) is 0 Å². The van der Waals surface area contributed by atoms with Gasteiger partial charge in [0, 0.05) is 0 Å². The summed E-state index contributed by atoms with van der Waals surface area (Å²) in [5, 5.41) is 7.77. The molecule has 21 valence electrons. The Labute approximate surface area is 34.0 Å². The monoisotopic (exact) mass is 63.0 g/mol. The van der Waals surface area contributed by atoms with Crippen LogP contribution in [0.15, 0.2) is 0 Å². The van der Waals surface area contributed by atoms with E-state index in [0.717, 1.165) is 7.48 Å². The normalized spacial score (nSPS) is 7.40. The van der Waals surface area contributed by atoms with Crippen molar-refractivity contribution in [2.24, 2.45) is 0 Å². The van der Waals surface area contributed by atoms with Crippen molar-refractivity contribution in [3.8, 4) is 0 Å². The molecule has 0 heterocycles. The molecule has 0 bridgehead atoms. The Morgan fingerprint density at radius 1 is 1.80 bits per heavy atom. The quantitative estimate of drug-likeness (QED) is 0.354. The zero-order chi connectivity index (χ0) is 4.12. The van der Waals surface area contributed by atoms with E-state index in [-0.39, 0.29) is 0 Å². The second-order valence-electron chi connectivity index (χ2n) is 0.534. The minimum absolute atomic E-state index is 0.875. The average molecular weight is 62.5 g/mol. The molecule has 0 unspecified atom stereocenters. The topological polar surface area (TPSA) is 20.2 Å². The summed E-state index contributed by atoms with van der Waals surface area (Å²) in [4.78, 5) is 0. The fourth-order valence-corrected chi connectivity index (χ4v) is 0.0497. The summed E-state index contributed by atoms with van der Waals surface area (Å²) in [6, 6.07) is 0. The molecule has 0 spiro atoms. The van der Waals surface area contributed by atoms with Gasteiger partial charge < -0.3 is 0 Å². The molecule has 0 rings (SSSR count). The molecular formula is CH2B3O. The Morgan fingerprint density at radius 2 is 2.40 bits per heavy atom. The van der Waals surface area contributed by atoms with Crippen LogP contribution in [-0.2, 0) is 0 Å². The molecule has 3 radical (unpaired) electrons. The van der Waals surface area contributed by atoms with E-state index < -0.39 is 0 Å². The van der Waals surface area contributed by atoms with Crippen molar-refractivity contribution in [2.75, 3.05) is 0 Å². The maximum atomic E-state index is 7.77. The van der Waals surface area contributed by atoms with E-state index in [0.29, 0.717) is 0 Å². The molecule has 0 aliphatic carbocycles. The Morgan fingerprint density at radius 3 is 2.40 bits per heavy atom. The number of rotatable bonds is 1. The molecule has 0 amide bonds. The van der Waals surface area contributed by atoms with Gasteiger partial charge in [0.05, 0.1) is 0 Å². The molecule has 0 aliphatic rings. The van der Waals surface area contributed by atoms with Crippen LogP contribution in [0.3, 0.4) is 0 Å². The SMILES string of the molecule is [B]B=C[B]O. The van der Waals surface area contributed by atoms with E-state index in [4.69, 9.17) is 12.8 Å². The third-order valence-corrected chi connectivity index (χ3v) is 0.197. The first kappa shape index (κ1) is 5.02. The Kier molecular flexibility index (Phi) is 4.04. The van der Waals surface area contributed by atoms with Gasteiger partial charge in [-0.25, -0.2) is 0 Å². The Balaban J connectivity index is 2.62. The molecule has 0 aliphatic heterocycles. The zero-order valence-corrected chi connectivity index (χ0v) is 2.76. The Bertz CT molecular complexity index is 33.9. The van der Waals surface area contributed by atoms with Crippen molar-refractivity contribution >= 4 is 27.9 Å². The van der Waals surface area contributed by atoms with E-state index in [1.807, 2.05) is 0 Å². The van der Waals surface area contributed by atoms with Gasteiger partial charge >= 0.3 is 32.9 Å². The van der Waals surface area contributed by atoms with Crippen LogP contribution >= 0.6 is 0 Å². The second kappa shape index (κ2) is 4.02. The molecule has 0 saturated carbocycles. The van der Waals surface area contributed by atoms with Gasteiger partial charge in [0.1, 0.15) is 0 Å². The van der Waals surface area contributed by atoms with Crippen LogP contribution in [0.5, 0.6) is 0 Å². The summed E-state index contributed by atoms with van der Waals surface area (Å²) in [5.74, 6) is 1.33. The van der Waals surface area contributed by atoms with Gasteiger partial charge in [-0.1, -0.05) is 0 Å². The molecule has 0 aromatic rings. The molecule has 4 heteroatoms. The van der Waals surface area contributed by atoms with Gasteiger partial charge in [0.15, 0.2) is 0 Å². The average Bonchev–Trinajstić information content (AvgIpc) is 1.41. The molecule has 0 atom stereocenters. The Hall–Kier alpha value is 0.0248. The number of hydrogen-bond donors (Lipinski definition) is 1. The van der Waals surface area contributed by atoms with Crippen LogP contribution in [0, 0.1) is 0 Å². The van der Waals surface area contributed by atoms with Crippen LogP contribution in [0.1, 0.15) is 0 Å². The summed E-state index contributed by atoms with van der Waals surface area (Å²) < 4.78 is 0.